The van der Waals surface area contributed by atoms with Crippen LogP contribution in [-0.2, 0) is 19.6 Å². The molecule has 9 heteroatoms. The summed E-state index contributed by atoms with van der Waals surface area (Å²) in [5, 5.41) is 8.85. The maximum absolute atomic E-state index is 12.7. The average Bonchev–Trinajstić information content (AvgIpc) is 3.37. The van der Waals surface area contributed by atoms with Crippen LogP contribution in [0.15, 0.2) is 29.2 Å². The van der Waals surface area contributed by atoms with Gasteiger partial charge in [-0.1, -0.05) is 6.07 Å². The predicted molar refractivity (Wildman–Crippen MR) is 87.7 cm³/mol. The number of aliphatic carboxylic acids is 1. The van der Waals surface area contributed by atoms with Crippen LogP contribution >= 0.6 is 0 Å². The second-order valence-corrected chi connectivity index (χ2v) is 7.98. The lowest BCUT2D eigenvalue weighted by Gasteiger charge is -2.32. The van der Waals surface area contributed by atoms with Crippen molar-refractivity contribution in [2.45, 2.75) is 36.3 Å². The van der Waals surface area contributed by atoms with Gasteiger partial charge in [0.15, 0.2) is 0 Å². The number of nitrogens with zero attached hydrogens (tertiary/aromatic N) is 1. The summed E-state index contributed by atoms with van der Waals surface area (Å²) in [5.41, 5.74) is 0.259. The number of benzene rings is 1. The van der Waals surface area contributed by atoms with Crippen molar-refractivity contribution in [3.8, 4) is 0 Å². The summed E-state index contributed by atoms with van der Waals surface area (Å²) >= 11 is 0. The maximum atomic E-state index is 12.7. The Labute approximate surface area is 145 Å². The molecule has 25 heavy (non-hydrogen) atoms. The Morgan fingerprint density at radius 2 is 2.08 bits per heavy atom. The van der Waals surface area contributed by atoms with Crippen molar-refractivity contribution in [3.05, 3.63) is 29.8 Å². The highest BCUT2D eigenvalue weighted by Gasteiger charge is 2.30. The van der Waals surface area contributed by atoms with E-state index >= 15 is 0 Å². The summed E-state index contributed by atoms with van der Waals surface area (Å²) in [6, 6.07) is 5.88. The van der Waals surface area contributed by atoms with Crippen molar-refractivity contribution >= 4 is 21.9 Å². The van der Waals surface area contributed by atoms with E-state index in [-0.39, 0.29) is 42.0 Å². The van der Waals surface area contributed by atoms with E-state index in [0.29, 0.717) is 6.54 Å². The SMILES string of the molecule is O=C(O)CC1CN(C(=O)c2cccc(S(=O)(=O)NC3CC3)c2)CCO1. The van der Waals surface area contributed by atoms with Crippen LogP contribution in [0.2, 0.25) is 0 Å². The predicted octanol–water partition coefficient (Wildman–Crippen LogP) is 0.443. The lowest BCUT2D eigenvalue weighted by atomic mass is 10.1. The van der Waals surface area contributed by atoms with Gasteiger partial charge in [0.05, 0.1) is 24.0 Å². The van der Waals surface area contributed by atoms with E-state index in [2.05, 4.69) is 4.72 Å². The molecule has 1 amide bonds. The first-order valence-corrected chi connectivity index (χ1v) is 9.58. The minimum atomic E-state index is -3.63. The number of sulfonamides is 1. The van der Waals surface area contributed by atoms with Crippen LogP contribution in [0.25, 0.3) is 0 Å². The van der Waals surface area contributed by atoms with Crippen LogP contribution in [0.3, 0.4) is 0 Å². The highest BCUT2D eigenvalue weighted by atomic mass is 32.2. The molecule has 1 aromatic carbocycles. The molecule has 1 aliphatic carbocycles. The van der Waals surface area contributed by atoms with Gasteiger partial charge >= 0.3 is 5.97 Å². The van der Waals surface area contributed by atoms with Crippen LogP contribution in [0.5, 0.6) is 0 Å². The number of rotatable bonds is 6. The molecule has 1 atom stereocenters. The van der Waals surface area contributed by atoms with Gasteiger partial charge in [0.25, 0.3) is 5.91 Å². The van der Waals surface area contributed by atoms with Crippen LogP contribution in [-0.4, -0.2) is 62.1 Å². The third-order valence-corrected chi connectivity index (χ3v) is 5.64. The Bertz CT molecular complexity index is 775. The van der Waals surface area contributed by atoms with Crippen molar-refractivity contribution < 1.29 is 27.9 Å². The molecule has 0 radical (unpaired) electrons. The second kappa shape index (κ2) is 7.11. The fraction of sp³-hybridized carbons (Fsp3) is 0.500. The number of morpholine rings is 1. The topological polar surface area (TPSA) is 113 Å². The van der Waals surface area contributed by atoms with Crippen LogP contribution in [0.1, 0.15) is 29.6 Å². The highest BCUT2D eigenvalue weighted by molar-refractivity contribution is 7.89. The number of hydrogen-bond acceptors (Lipinski definition) is 5. The third kappa shape index (κ3) is 4.56. The van der Waals surface area contributed by atoms with Crippen LogP contribution in [0.4, 0.5) is 0 Å². The average molecular weight is 368 g/mol. The molecule has 1 unspecified atom stereocenters. The second-order valence-electron chi connectivity index (χ2n) is 6.27. The zero-order valence-corrected chi connectivity index (χ0v) is 14.4. The first-order valence-electron chi connectivity index (χ1n) is 8.10. The smallest absolute Gasteiger partial charge is 0.306 e. The molecule has 2 N–H and O–H groups in total. The summed E-state index contributed by atoms with van der Waals surface area (Å²) in [6.07, 6.45) is 0.926. The number of carboxylic acids is 1. The molecular formula is C16H20N2O6S. The standard InChI is InChI=1S/C16H20N2O6S/c19-15(20)9-13-10-18(6-7-24-13)16(21)11-2-1-3-14(8-11)25(22,23)17-12-4-5-12/h1-3,8,12-13,17H,4-7,9-10H2,(H,19,20). The summed E-state index contributed by atoms with van der Waals surface area (Å²) in [6.45, 7) is 0.763. The summed E-state index contributed by atoms with van der Waals surface area (Å²) in [5.74, 6) is -1.32. The Hall–Kier alpha value is -1.97. The van der Waals surface area contributed by atoms with Crippen molar-refractivity contribution in [2.24, 2.45) is 0 Å². The lowest BCUT2D eigenvalue weighted by Crippen LogP contribution is -2.46. The monoisotopic (exact) mass is 368 g/mol. The number of amides is 1. The summed E-state index contributed by atoms with van der Waals surface area (Å²) < 4.78 is 32.5. The lowest BCUT2D eigenvalue weighted by molar-refractivity contribution is -0.141. The molecule has 0 bridgehead atoms. The molecule has 8 nitrogen and oxygen atoms in total. The number of hydrogen-bond donors (Lipinski definition) is 2. The van der Waals surface area contributed by atoms with E-state index in [0.717, 1.165) is 12.8 Å². The van der Waals surface area contributed by atoms with E-state index in [4.69, 9.17) is 9.84 Å². The Morgan fingerprint density at radius 1 is 1.32 bits per heavy atom. The van der Waals surface area contributed by atoms with E-state index in [9.17, 15) is 18.0 Å². The number of carboxylic acid groups (broad SMARTS) is 1. The van der Waals surface area contributed by atoms with Crippen molar-refractivity contribution in [1.29, 1.82) is 0 Å². The molecule has 136 valence electrons. The minimum Gasteiger partial charge on any atom is -0.481 e. The van der Waals surface area contributed by atoms with Gasteiger partial charge in [0.2, 0.25) is 10.0 Å². The highest BCUT2D eigenvalue weighted by Crippen LogP contribution is 2.23. The van der Waals surface area contributed by atoms with Gasteiger partial charge in [-0.3, -0.25) is 9.59 Å². The number of carbonyl (C=O) groups is 2. The Balaban J connectivity index is 1.73. The number of ether oxygens (including phenoxy) is 1. The summed E-state index contributed by atoms with van der Waals surface area (Å²) in [7, 11) is -3.63. The van der Waals surface area contributed by atoms with Gasteiger partial charge in [-0.25, -0.2) is 13.1 Å². The fourth-order valence-electron chi connectivity index (χ4n) is 2.69. The van der Waals surface area contributed by atoms with Crippen molar-refractivity contribution in [1.82, 2.24) is 9.62 Å². The van der Waals surface area contributed by atoms with Gasteiger partial charge in [-0.15, -0.1) is 0 Å². The van der Waals surface area contributed by atoms with E-state index < -0.39 is 22.1 Å². The van der Waals surface area contributed by atoms with Gasteiger partial charge in [0, 0.05) is 24.7 Å². The van der Waals surface area contributed by atoms with Crippen molar-refractivity contribution in [3.63, 3.8) is 0 Å². The third-order valence-electron chi connectivity index (χ3n) is 4.12. The van der Waals surface area contributed by atoms with Gasteiger partial charge in [0.1, 0.15) is 0 Å². The zero-order chi connectivity index (χ0) is 18.0. The minimum absolute atomic E-state index is 0.0135. The molecule has 1 heterocycles. The molecule has 1 aromatic rings. The zero-order valence-electron chi connectivity index (χ0n) is 13.6. The van der Waals surface area contributed by atoms with Crippen LogP contribution in [0, 0.1) is 0 Å². The first-order chi connectivity index (χ1) is 11.8. The molecule has 0 spiro atoms. The van der Waals surface area contributed by atoms with E-state index in [1.54, 1.807) is 6.07 Å². The van der Waals surface area contributed by atoms with Gasteiger partial charge in [-0.2, -0.15) is 0 Å². The van der Waals surface area contributed by atoms with Crippen molar-refractivity contribution in [2.75, 3.05) is 19.7 Å². The van der Waals surface area contributed by atoms with Gasteiger partial charge in [-0.05, 0) is 31.0 Å². The molecule has 1 aliphatic heterocycles. The molecule has 1 saturated carbocycles. The number of carbonyl (C=O) groups excluding carboxylic acids is 1. The van der Waals surface area contributed by atoms with E-state index in [1.807, 2.05) is 0 Å². The largest absolute Gasteiger partial charge is 0.481 e. The molecule has 1 saturated heterocycles. The van der Waals surface area contributed by atoms with Gasteiger partial charge < -0.3 is 14.7 Å². The normalized spacial score (nSPS) is 21.1. The van der Waals surface area contributed by atoms with Crippen LogP contribution < -0.4 is 4.72 Å². The fourth-order valence-corrected chi connectivity index (χ4v) is 4.04. The molecule has 0 aromatic heterocycles. The number of nitrogens with one attached hydrogen (secondary N) is 1. The Morgan fingerprint density at radius 3 is 2.76 bits per heavy atom. The van der Waals surface area contributed by atoms with E-state index in [1.165, 1.54) is 23.1 Å². The molecular weight excluding hydrogens is 348 g/mol. The maximum Gasteiger partial charge on any atom is 0.306 e. The molecule has 3 rings (SSSR count). The first kappa shape index (κ1) is 17.8. The Kier molecular flexibility index (Phi) is 5.07. The quantitative estimate of drug-likeness (QED) is 0.753. The molecule has 2 fully saturated rings. The molecule has 2 aliphatic rings. The summed E-state index contributed by atoms with van der Waals surface area (Å²) in [4.78, 5) is 25.0.